The smallest absolute Gasteiger partial charge is 0.187 e. The maximum Gasteiger partial charge on any atom is 0.187 e. The van der Waals surface area contributed by atoms with E-state index in [1.54, 1.807) is 0 Å². The summed E-state index contributed by atoms with van der Waals surface area (Å²) in [5, 5.41) is 8.68. The largest absolute Gasteiger partial charge is 0.456 e. The molecule has 13 rings (SSSR count). The third-order valence-corrected chi connectivity index (χ3v) is 12.8. The van der Waals surface area contributed by atoms with Crippen molar-refractivity contribution in [2.75, 3.05) is 0 Å². The molecule has 0 amide bonds. The van der Waals surface area contributed by atoms with E-state index in [0.29, 0.717) is 23.2 Å². The van der Waals surface area contributed by atoms with Crippen molar-refractivity contribution in [2.45, 2.75) is 0 Å². The van der Waals surface area contributed by atoms with Gasteiger partial charge in [0.2, 0.25) is 0 Å². The summed E-state index contributed by atoms with van der Waals surface area (Å²) in [7, 11) is 0. The number of fused-ring (bicyclic) bond motifs is 9. The molecule has 9 aromatic carbocycles. The molecule has 0 saturated carbocycles. The first-order valence-corrected chi connectivity index (χ1v) is 22.1. The Kier molecular flexibility index (Phi) is 8.76. The first kappa shape index (κ1) is 38.1. The highest BCUT2D eigenvalue weighted by Gasteiger charge is 2.20. The summed E-state index contributed by atoms with van der Waals surface area (Å²) >= 11 is 0. The third-order valence-electron chi connectivity index (χ3n) is 12.8. The number of para-hydroxylation sites is 1. The van der Waals surface area contributed by atoms with E-state index in [1.165, 1.54) is 0 Å². The molecule has 310 valence electrons. The molecule has 0 unspecified atom stereocenters. The van der Waals surface area contributed by atoms with Crippen LogP contribution in [0.1, 0.15) is 0 Å². The van der Waals surface area contributed by atoms with Gasteiger partial charge in [0, 0.05) is 61.8 Å². The Balaban J connectivity index is 0.952. The number of pyridine rings is 2. The zero-order valence-corrected chi connectivity index (χ0v) is 35.7. The summed E-state index contributed by atoms with van der Waals surface area (Å²) in [6.45, 7) is 7.48. The molecular formula is C60H34N6O. The van der Waals surface area contributed by atoms with Gasteiger partial charge >= 0.3 is 0 Å². The van der Waals surface area contributed by atoms with Crippen molar-refractivity contribution < 1.29 is 4.42 Å². The van der Waals surface area contributed by atoms with E-state index in [-0.39, 0.29) is 0 Å². The minimum atomic E-state index is 0.567. The predicted octanol–water partition coefficient (Wildman–Crippen LogP) is 15.7. The molecule has 0 aliphatic heterocycles. The molecule has 13 aromatic rings. The number of nitrogens with zero attached hydrogens (tertiary/aromatic N) is 6. The van der Waals surface area contributed by atoms with Crippen LogP contribution in [0.5, 0.6) is 0 Å². The molecule has 7 heteroatoms. The standard InChI is InChI=1S/C60H34N6O/c1-61-41-25-22-36(23-26-41)50-34-51-49-20-11-31-63-57(49)53(35-52(51)48-19-10-30-62-56(48)50)45-29-28-42(43-16-5-6-17-44(43)45)38-14-9-15-39(32-38)59-64-58(37-12-3-2-4-13-37)65-60(66-59)40-24-27-47-46-18-7-8-21-54(46)67-55(47)33-40/h2-35H. The Morgan fingerprint density at radius 3 is 1.60 bits per heavy atom. The highest BCUT2D eigenvalue weighted by molar-refractivity contribution is 6.23. The number of aromatic nitrogens is 5. The van der Waals surface area contributed by atoms with Crippen molar-refractivity contribution in [2.24, 2.45) is 0 Å². The maximum atomic E-state index is 7.48. The van der Waals surface area contributed by atoms with Gasteiger partial charge in [0.25, 0.3) is 0 Å². The van der Waals surface area contributed by atoms with Crippen LogP contribution in [0, 0.1) is 6.57 Å². The first-order valence-electron chi connectivity index (χ1n) is 22.1. The van der Waals surface area contributed by atoms with Crippen LogP contribution in [0.15, 0.2) is 211 Å². The third kappa shape index (κ3) is 6.39. The lowest BCUT2D eigenvalue weighted by Gasteiger charge is -2.17. The van der Waals surface area contributed by atoms with Crippen molar-refractivity contribution in [3.63, 3.8) is 0 Å². The van der Waals surface area contributed by atoms with Gasteiger partial charge in [-0.3, -0.25) is 9.97 Å². The molecule has 0 aliphatic carbocycles. The van der Waals surface area contributed by atoms with Gasteiger partial charge < -0.3 is 4.42 Å². The van der Waals surface area contributed by atoms with E-state index in [0.717, 1.165) is 115 Å². The first-order chi connectivity index (χ1) is 33.1. The minimum absolute atomic E-state index is 0.567. The maximum absolute atomic E-state index is 7.48. The van der Waals surface area contributed by atoms with Gasteiger partial charge in [-0.15, -0.1) is 0 Å². The number of benzene rings is 9. The molecule has 0 N–H and O–H groups in total. The van der Waals surface area contributed by atoms with Crippen molar-refractivity contribution in [3.05, 3.63) is 218 Å². The second-order valence-electron chi connectivity index (χ2n) is 16.7. The Morgan fingerprint density at radius 1 is 0.328 bits per heavy atom. The zero-order valence-electron chi connectivity index (χ0n) is 35.7. The number of hydrogen-bond donors (Lipinski definition) is 0. The predicted molar refractivity (Wildman–Crippen MR) is 272 cm³/mol. The summed E-state index contributed by atoms with van der Waals surface area (Å²) in [4.78, 5) is 28.8. The normalized spacial score (nSPS) is 11.6. The van der Waals surface area contributed by atoms with E-state index in [4.69, 9.17) is 35.9 Å². The molecular weight excluding hydrogens is 821 g/mol. The summed E-state index contributed by atoms with van der Waals surface area (Å²) in [5.41, 5.74) is 13.0. The average Bonchev–Trinajstić information content (AvgIpc) is 3.78. The molecule has 67 heavy (non-hydrogen) atoms. The average molecular weight is 855 g/mol. The van der Waals surface area contributed by atoms with Gasteiger partial charge in [-0.2, -0.15) is 0 Å². The Hall–Kier alpha value is -9.38. The van der Waals surface area contributed by atoms with Crippen LogP contribution >= 0.6 is 0 Å². The molecule has 0 bridgehead atoms. The van der Waals surface area contributed by atoms with E-state index < -0.39 is 0 Å². The second-order valence-corrected chi connectivity index (χ2v) is 16.7. The van der Waals surface area contributed by atoms with Crippen molar-refractivity contribution >= 4 is 71.0 Å². The molecule has 0 radical (unpaired) electrons. The van der Waals surface area contributed by atoms with Gasteiger partial charge in [-0.25, -0.2) is 19.8 Å². The van der Waals surface area contributed by atoms with Gasteiger partial charge in [0.15, 0.2) is 23.2 Å². The molecule has 0 saturated heterocycles. The Morgan fingerprint density at radius 2 is 0.866 bits per heavy atom. The van der Waals surface area contributed by atoms with Crippen LogP contribution in [0.3, 0.4) is 0 Å². The SMILES string of the molecule is [C-]#[N+]c1ccc(-c2cc3c4cccnc4c(-c4ccc(-c5cccc(-c6nc(-c7ccccc7)nc(-c7ccc8c(c7)oc7ccccc78)n6)c5)c5ccccc45)cc3c3cccnc23)cc1. The summed E-state index contributed by atoms with van der Waals surface area (Å²) in [6.07, 6.45) is 3.72. The van der Waals surface area contributed by atoms with Crippen molar-refractivity contribution in [1.29, 1.82) is 0 Å². The zero-order chi connectivity index (χ0) is 44.4. The molecule has 4 heterocycles. The summed E-state index contributed by atoms with van der Waals surface area (Å²) < 4.78 is 6.28. The van der Waals surface area contributed by atoms with Crippen LogP contribution in [-0.2, 0) is 0 Å². The topological polar surface area (TPSA) is 82.0 Å². The van der Waals surface area contributed by atoms with Crippen LogP contribution in [0.25, 0.3) is 138 Å². The van der Waals surface area contributed by atoms with Crippen LogP contribution in [0.2, 0.25) is 0 Å². The summed E-state index contributed by atoms with van der Waals surface area (Å²) in [6, 6.07) is 66.4. The molecule has 0 spiro atoms. The fourth-order valence-electron chi connectivity index (χ4n) is 9.67. The Labute approximate surface area is 384 Å². The van der Waals surface area contributed by atoms with Crippen molar-refractivity contribution in [1.82, 2.24) is 24.9 Å². The Bertz CT molecular complexity index is 4170. The molecule has 0 aliphatic rings. The van der Waals surface area contributed by atoms with Gasteiger partial charge in [-0.1, -0.05) is 146 Å². The van der Waals surface area contributed by atoms with Gasteiger partial charge in [0.1, 0.15) is 11.2 Å². The monoisotopic (exact) mass is 854 g/mol. The molecule has 7 nitrogen and oxygen atoms in total. The molecule has 4 aromatic heterocycles. The van der Waals surface area contributed by atoms with Crippen molar-refractivity contribution in [3.8, 4) is 67.5 Å². The van der Waals surface area contributed by atoms with Gasteiger partial charge in [-0.05, 0) is 92.3 Å². The van der Waals surface area contributed by atoms with Gasteiger partial charge in [0.05, 0.1) is 17.6 Å². The molecule has 0 atom stereocenters. The quantitative estimate of drug-likeness (QED) is 0.122. The number of hydrogen-bond acceptors (Lipinski definition) is 6. The van der Waals surface area contributed by atoms with E-state index in [9.17, 15) is 0 Å². The van der Waals surface area contributed by atoms with E-state index in [1.807, 2.05) is 103 Å². The fourth-order valence-corrected chi connectivity index (χ4v) is 9.67. The highest BCUT2D eigenvalue weighted by atomic mass is 16.3. The van der Waals surface area contributed by atoms with E-state index in [2.05, 4.69) is 108 Å². The summed E-state index contributed by atoms with van der Waals surface area (Å²) in [5.74, 6) is 1.74. The molecule has 0 fully saturated rings. The highest BCUT2D eigenvalue weighted by Crippen LogP contribution is 2.44. The lowest BCUT2D eigenvalue weighted by Crippen LogP contribution is -2.00. The van der Waals surface area contributed by atoms with Crippen LogP contribution in [0.4, 0.5) is 5.69 Å². The van der Waals surface area contributed by atoms with Crippen LogP contribution < -0.4 is 0 Å². The number of rotatable bonds is 6. The van der Waals surface area contributed by atoms with Crippen LogP contribution in [-0.4, -0.2) is 24.9 Å². The second kappa shape index (κ2) is 15.4. The van der Waals surface area contributed by atoms with E-state index >= 15 is 0 Å². The minimum Gasteiger partial charge on any atom is -0.456 e. The number of furan rings is 1. The lowest BCUT2D eigenvalue weighted by atomic mass is 9.88. The fraction of sp³-hybridized carbons (Fsp3) is 0. The lowest BCUT2D eigenvalue weighted by molar-refractivity contribution is 0.669.